The van der Waals surface area contributed by atoms with Crippen molar-refractivity contribution in [2.45, 2.75) is 6.92 Å². The Bertz CT molecular complexity index is 615. The van der Waals surface area contributed by atoms with E-state index in [0.29, 0.717) is 12.4 Å². The summed E-state index contributed by atoms with van der Waals surface area (Å²) in [7, 11) is 0. The van der Waals surface area contributed by atoms with E-state index < -0.39 is 5.97 Å². The number of hydrogen-bond acceptors (Lipinski definition) is 3. The fourth-order valence-corrected chi connectivity index (χ4v) is 1.92. The number of hydrogen-bond donors (Lipinski definition) is 0. The van der Waals surface area contributed by atoms with E-state index in [1.807, 2.05) is 43.3 Å². The van der Waals surface area contributed by atoms with Crippen molar-refractivity contribution in [2.24, 2.45) is 0 Å². The summed E-state index contributed by atoms with van der Waals surface area (Å²) < 4.78 is 11.5. The molecule has 2 rings (SSSR count). The molecule has 0 saturated carbocycles. The van der Waals surface area contributed by atoms with Crippen LogP contribution in [0.2, 0.25) is 0 Å². The van der Waals surface area contributed by atoms with Gasteiger partial charge in [0.15, 0.2) is 0 Å². The van der Waals surface area contributed by atoms with Gasteiger partial charge in [-0.3, -0.25) is 0 Å². The van der Waals surface area contributed by atoms with Gasteiger partial charge in [-0.25, -0.2) is 4.79 Å². The molecule has 2 aromatic carbocycles. The predicted molar refractivity (Wildman–Crippen MR) is 86.4 cm³/mol. The van der Waals surface area contributed by atoms with Crippen molar-refractivity contribution in [3.05, 3.63) is 64.6 Å². The van der Waals surface area contributed by atoms with Crippen LogP contribution in [0.3, 0.4) is 0 Å². The Morgan fingerprint density at radius 1 is 1.05 bits per heavy atom. The molecule has 0 radical (unpaired) electrons. The zero-order valence-electron chi connectivity index (χ0n) is 11.6. The zero-order chi connectivity index (χ0) is 15.1. The third-order valence-corrected chi connectivity index (χ3v) is 3.16. The molecule has 21 heavy (non-hydrogen) atoms. The van der Waals surface area contributed by atoms with E-state index in [-0.39, 0.29) is 0 Å². The summed E-state index contributed by atoms with van der Waals surface area (Å²) >= 11 is 3.33. The molecule has 3 nitrogen and oxygen atoms in total. The SMILES string of the molecule is CCOc1ccc(/C=C\C(=O)Oc2ccc(Br)cc2)cc1. The smallest absolute Gasteiger partial charge is 0.336 e. The Balaban J connectivity index is 1.93. The van der Waals surface area contributed by atoms with Crippen molar-refractivity contribution in [3.8, 4) is 11.5 Å². The Kier molecular flexibility index (Phi) is 5.58. The van der Waals surface area contributed by atoms with E-state index in [4.69, 9.17) is 9.47 Å². The summed E-state index contributed by atoms with van der Waals surface area (Å²) in [4.78, 5) is 11.7. The van der Waals surface area contributed by atoms with Crippen LogP contribution >= 0.6 is 15.9 Å². The average molecular weight is 347 g/mol. The second-order valence-electron chi connectivity index (χ2n) is 4.21. The number of benzene rings is 2. The van der Waals surface area contributed by atoms with Crippen LogP contribution in [-0.4, -0.2) is 12.6 Å². The van der Waals surface area contributed by atoms with E-state index in [2.05, 4.69) is 15.9 Å². The van der Waals surface area contributed by atoms with Gasteiger partial charge in [0.1, 0.15) is 11.5 Å². The highest BCUT2D eigenvalue weighted by Gasteiger charge is 2.00. The van der Waals surface area contributed by atoms with Gasteiger partial charge in [-0.1, -0.05) is 28.1 Å². The molecule has 0 aromatic heterocycles. The van der Waals surface area contributed by atoms with E-state index in [1.165, 1.54) is 6.08 Å². The van der Waals surface area contributed by atoms with Gasteiger partial charge in [0.2, 0.25) is 0 Å². The summed E-state index contributed by atoms with van der Waals surface area (Å²) in [6.45, 7) is 2.57. The molecule has 0 spiro atoms. The molecular formula is C17H15BrO3. The third-order valence-electron chi connectivity index (χ3n) is 2.64. The lowest BCUT2D eigenvalue weighted by molar-refractivity contribution is -0.128. The molecule has 0 fully saturated rings. The Hall–Kier alpha value is -2.07. The highest BCUT2D eigenvalue weighted by molar-refractivity contribution is 9.10. The molecule has 0 bridgehead atoms. The minimum Gasteiger partial charge on any atom is -0.494 e. The van der Waals surface area contributed by atoms with Crippen LogP contribution in [0.5, 0.6) is 11.5 Å². The summed E-state index contributed by atoms with van der Waals surface area (Å²) in [5.41, 5.74) is 0.909. The van der Waals surface area contributed by atoms with Crippen molar-refractivity contribution in [3.63, 3.8) is 0 Å². The number of carbonyl (C=O) groups excluding carboxylic acids is 1. The van der Waals surface area contributed by atoms with Crippen LogP contribution < -0.4 is 9.47 Å². The Labute approximate surface area is 132 Å². The van der Waals surface area contributed by atoms with Crippen molar-refractivity contribution < 1.29 is 14.3 Å². The molecular weight excluding hydrogens is 332 g/mol. The van der Waals surface area contributed by atoms with Crippen molar-refractivity contribution in [1.29, 1.82) is 0 Å². The number of esters is 1. The van der Waals surface area contributed by atoms with E-state index in [9.17, 15) is 4.79 Å². The summed E-state index contributed by atoms with van der Waals surface area (Å²) in [6, 6.07) is 14.6. The van der Waals surface area contributed by atoms with Crippen molar-refractivity contribution in [1.82, 2.24) is 0 Å². The number of rotatable bonds is 5. The standard InChI is InChI=1S/C17H15BrO3/c1-2-20-15-8-3-13(4-9-15)5-12-17(19)21-16-10-6-14(18)7-11-16/h3-12H,2H2,1H3/b12-5-. The Morgan fingerprint density at radius 3 is 2.29 bits per heavy atom. The van der Waals surface area contributed by atoms with Crippen LogP contribution in [0.25, 0.3) is 6.08 Å². The molecule has 0 amide bonds. The molecule has 0 unspecified atom stereocenters. The Morgan fingerprint density at radius 2 is 1.67 bits per heavy atom. The van der Waals surface area contributed by atoms with E-state index in [1.54, 1.807) is 18.2 Å². The minimum absolute atomic E-state index is 0.411. The first-order chi connectivity index (χ1) is 10.2. The van der Waals surface area contributed by atoms with Gasteiger partial charge in [-0.15, -0.1) is 0 Å². The summed E-state index contributed by atoms with van der Waals surface area (Å²) in [5, 5.41) is 0. The number of halogens is 1. The van der Waals surface area contributed by atoms with Gasteiger partial charge in [-0.05, 0) is 55.0 Å². The van der Waals surface area contributed by atoms with Gasteiger partial charge in [0.25, 0.3) is 0 Å². The largest absolute Gasteiger partial charge is 0.494 e. The molecule has 0 heterocycles. The molecule has 0 saturated heterocycles. The van der Waals surface area contributed by atoms with Crippen molar-refractivity contribution in [2.75, 3.05) is 6.61 Å². The maximum absolute atomic E-state index is 11.7. The quantitative estimate of drug-likeness (QED) is 0.455. The molecule has 2 aromatic rings. The predicted octanol–water partition coefficient (Wildman–Crippen LogP) is 4.47. The first-order valence-electron chi connectivity index (χ1n) is 6.55. The second kappa shape index (κ2) is 7.64. The van der Waals surface area contributed by atoms with Crippen molar-refractivity contribution >= 4 is 28.0 Å². The zero-order valence-corrected chi connectivity index (χ0v) is 13.2. The number of ether oxygens (including phenoxy) is 2. The lowest BCUT2D eigenvalue weighted by Gasteiger charge is -2.02. The average Bonchev–Trinajstić information content (AvgIpc) is 2.49. The molecule has 0 N–H and O–H groups in total. The van der Waals surface area contributed by atoms with Gasteiger partial charge < -0.3 is 9.47 Å². The third kappa shape index (κ3) is 5.08. The molecule has 0 aliphatic heterocycles. The van der Waals surface area contributed by atoms with Crippen LogP contribution in [0, 0.1) is 0 Å². The first-order valence-corrected chi connectivity index (χ1v) is 7.35. The van der Waals surface area contributed by atoms with Gasteiger partial charge >= 0.3 is 5.97 Å². The maximum atomic E-state index is 11.7. The van der Waals surface area contributed by atoms with Crippen LogP contribution in [0.15, 0.2) is 59.1 Å². The summed E-state index contributed by atoms with van der Waals surface area (Å²) in [6.07, 6.45) is 3.11. The topological polar surface area (TPSA) is 35.5 Å². The minimum atomic E-state index is -0.411. The van der Waals surface area contributed by atoms with Crippen LogP contribution in [0.4, 0.5) is 0 Å². The maximum Gasteiger partial charge on any atom is 0.336 e. The first kappa shape index (κ1) is 15.3. The highest BCUT2D eigenvalue weighted by Crippen LogP contribution is 2.17. The normalized spacial score (nSPS) is 10.6. The fraction of sp³-hybridized carbons (Fsp3) is 0.118. The molecule has 108 valence electrons. The molecule has 0 aliphatic rings. The van der Waals surface area contributed by atoms with E-state index >= 15 is 0 Å². The van der Waals surface area contributed by atoms with Crippen LogP contribution in [0.1, 0.15) is 12.5 Å². The fourth-order valence-electron chi connectivity index (χ4n) is 1.66. The molecule has 0 atom stereocenters. The lowest BCUT2D eigenvalue weighted by Crippen LogP contribution is -2.03. The van der Waals surface area contributed by atoms with Crippen LogP contribution in [-0.2, 0) is 4.79 Å². The van der Waals surface area contributed by atoms with E-state index in [0.717, 1.165) is 15.8 Å². The monoisotopic (exact) mass is 346 g/mol. The van der Waals surface area contributed by atoms with Gasteiger partial charge in [-0.2, -0.15) is 0 Å². The van der Waals surface area contributed by atoms with Gasteiger partial charge in [0.05, 0.1) is 6.61 Å². The molecule has 4 heteroatoms. The second-order valence-corrected chi connectivity index (χ2v) is 5.13. The summed E-state index contributed by atoms with van der Waals surface area (Å²) in [5.74, 6) is 0.915. The number of carbonyl (C=O) groups is 1. The van der Waals surface area contributed by atoms with Gasteiger partial charge in [0, 0.05) is 10.5 Å². The highest BCUT2D eigenvalue weighted by atomic mass is 79.9. The molecule has 0 aliphatic carbocycles. The lowest BCUT2D eigenvalue weighted by atomic mass is 10.2.